The molecule has 0 aliphatic carbocycles. The molecule has 4 heterocycles. The predicted octanol–water partition coefficient (Wildman–Crippen LogP) is 8.79. The van der Waals surface area contributed by atoms with Gasteiger partial charge in [0.15, 0.2) is 0 Å². The molecule has 0 aliphatic rings. The first-order chi connectivity index (χ1) is 29.1. The summed E-state index contributed by atoms with van der Waals surface area (Å²) in [6.45, 7) is 0. The number of benzene rings is 4. The van der Waals surface area contributed by atoms with Gasteiger partial charge in [-0.2, -0.15) is 26.3 Å². The highest BCUT2D eigenvalue weighted by Crippen LogP contribution is 2.38. The second-order valence-corrected chi connectivity index (χ2v) is 12.9. The summed E-state index contributed by atoms with van der Waals surface area (Å²) < 4.78 is 86.9. The van der Waals surface area contributed by atoms with Crippen LogP contribution < -0.4 is 21.8 Å². The van der Waals surface area contributed by atoms with E-state index in [-0.39, 0.29) is 56.0 Å². The quantitative estimate of drug-likeness (QED) is 0.156. The highest BCUT2D eigenvalue weighted by molar-refractivity contribution is 6.12. The number of nitrogens with one attached hydrogen (secondary N) is 2. The van der Waals surface area contributed by atoms with Crippen LogP contribution in [0.3, 0.4) is 0 Å². The van der Waals surface area contributed by atoms with Crippen molar-refractivity contribution in [3.8, 4) is 22.8 Å². The molecule has 0 aliphatic heterocycles. The molecule has 0 spiro atoms. The Balaban J connectivity index is 0.000000184. The molecule has 18 heteroatoms. The Morgan fingerprint density at radius 3 is 1.57 bits per heavy atom. The molecule has 61 heavy (non-hydrogen) atoms. The highest BCUT2D eigenvalue weighted by atomic mass is 19.4. The van der Waals surface area contributed by atoms with Crippen LogP contribution in [0.15, 0.2) is 148 Å². The van der Waals surface area contributed by atoms with Gasteiger partial charge in [0.2, 0.25) is 5.89 Å². The zero-order chi connectivity index (χ0) is 43.5. The fraction of sp³-hybridized carbons (Fsp3) is 0.0698. The Bertz CT molecular complexity index is 3070. The monoisotopic (exact) mass is 835 g/mol. The Morgan fingerprint density at radius 2 is 1.05 bits per heavy atom. The number of carbonyl (C=O) groups excluding carboxylic acids is 2. The van der Waals surface area contributed by atoms with Gasteiger partial charge in [0, 0.05) is 30.6 Å². The van der Waals surface area contributed by atoms with E-state index < -0.39 is 57.9 Å². The van der Waals surface area contributed by atoms with Crippen molar-refractivity contribution in [2.45, 2.75) is 12.4 Å². The summed E-state index contributed by atoms with van der Waals surface area (Å²) >= 11 is 0. The Kier molecular flexibility index (Phi) is 11.3. The van der Waals surface area contributed by atoms with Crippen molar-refractivity contribution in [1.29, 1.82) is 0 Å². The average Bonchev–Trinajstić information content (AvgIpc) is 3.25. The Morgan fingerprint density at radius 1 is 0.574 bits per heavy atom. The van der Waals surface area contributed by atoms with Crippen molar-refractivity contribution in [1.82, 2.24) is 24.5 Å². The van der Waals surface area contributed by atoms with Gasteiger partial charge in [0.05, 0.1) is 44.1 Å². The molecular formula is C43H27F6N7O5. The van der Waals surface area contributed by atoms with Crippen molar-refractivity contribution in [3.63, 3.8) is 0 Å². The van der Waals surface area contributed by atoms with Crippen molar-refractivity contribution in [3.05, 3.63) is 177 Å². The molecule has 306 valence electrons. The van der Waals surface area contributed by atoms with Crippen LogP contribution in [0.5, 0.6) is 0 Å². The van der Waals surface area contributed by atoms with Gasteiger partial charge in [0.25, 0.3) is 17.4 Å². The van der Waals surface area contributed by atoms with Crippen LogP contribution in [-0.4, -0.2) is 36.3 Å². The molecule has 8 aromatic rings. The number of anilines is 2. The maximum atomic E-state index is 13.5. The molecule has 0 saturated carbocycles. The van der Waals surface area contributed by atoms with Gasteiger partial charge in [-0.25, -0.2) is 24.7 Å². The van der Waals surface area contributed by atoms with E-state index in [9.17, 15) is 45.5 Å². The van der Waals surface area contributed by atoms with Gasteiger partial charge in [-0.1, -0.05) is 54.6 Å². The topological polar surface area (TPSA) is 162 Å². The van der Waals surface area contributed by atoms with E-state index >= 15 is 0 Å². The van der Waals surface area contributed by atoms with E-state index in [0.29, 0.717) is 0 Å². The van der Waals surface area contributed by atoms with Crippen LogP contribution in [0, 0.1) is 0 Å². The summed E-state index contributed by atoms with van der Waals surface area (Å²) in [4.78, 5) is 67.3. The molecule has 0 fully saturated rings. The van der Waals surface area contributed by atoms with Crippen molar-refractivity contribution < 1.29 is 40.3 Å². The number of amides is 2. The fourth-order valence-electron chi connectivity index (χ4n) is 6.20. The zero-order valence-electron chi connectivity index (χ0n) is 31.2. The lowest BCUT2D eigenvalue weighted by Gasteiger charge is -2.16. The average molecular weight is 836 g/mol. The number of pyridine rings is 2. The number of para-hydroxylation sites is 2. The standard InChI is InChI=1S/C22H15F3N4O2.C21H12F3N3O3/c1-29-19(13-7-2-3-10-16(13)22(23,24)25)28-18-14(8-6-9-15(18)21(29)31)20(30)27-17-11-4-5-12-26-17;22-21(23,24)15-9-2-1-6-12(15)19-27-17-13(7-5-8-14(17)20(29)30-19)18(28)26-16-10-3-4-11-25-16/h2-12H,1H3,(H,26,27,30);1-11H,(H,25,26,28). The van der Waals surface area contributed by atoms with Crippen molar-refractivity contribution in [2.75, 3.05) is 10.6 Å². The zero-order valence-corrected chi connectivity index (χ0v) is 31.2. The summed E-state index contributed by atoms with van der Waals surface area (Å²) in [5.74, 6) is -1.37. The third kappa shape index (κ3) is 8.73. The summed E-state index contributed by atoms with van der Waals surface area (Å²) in [5.41, 5.74) is -4.07. The highest BCUT2D eigenvalue weighted by Gasteiger charge is 2.36. The van der Waals surface area contributed by atoms with E-state index in [1.54, 1.807) is 36.4 Å². The lowest BCUT2D eigenvalue weighted by Crippen LogP contribution is -2.23. The number of alkyl halides is 6. The second-order valence-electron chi connectivity index (χ2n) is 12.9. The summed E-state index contributed by atoms with van der Waals surface area (Å²) in [5, 5.41) is 5.25. The van der Waals surface area contributed by atoms with Crippen LogP contribution in [0.4, 0.5) is 38.0 Å². The van der Waals surface area contributed by atoms with Crippen LogP contribution in [0.2, 0.25) is 0 Å². The molecule has 2 N–H and O–H groups in total. The minimum absolute atomic E-state index is 0.00297. The lowest BCUT2D eigenvalue weighted by atomic mass is 10.0. The van der Waals surface area contributed by atoms with E-state index in [1.165, 1.54) is 86.2 Å². The number of aromatic nitrogens is 5. The molecule has 0 saturated heterocycles. The molecular weight excluding hydrogens is 809 g/mol. The predicted molar refractivity (Wildman–Crippen MR) is 213 cm³/mol. The van der Waals surface area contributed by atoms with Gasteiger partial charge in [-0.3, -0.25) is 19.0 Å². The summed E-state index contributed by atoms with van der Waals surface area (Å²) in [6, 6.07) is 28.0. The fourth-order valence-corrected chi connectivity index (χ4v) is 6.20. The summed E-state index contributed by atoms with van der Waals surface area (Å²) in [6.07, 6.45) is -6.34. The molecule has 0 radical (unpaired) electrons. The van der Waals surface area contributed by atoms with Crippen LogP contribution >= 0.6 is 0 Å². The van der Waals surface area contributed by atoms with Gasteiger partial charge in [0.1, 0.15) is 17.5 Å². The number of rotatable bonds is 6. The van der Waals surface area contributed by atoms with Gasteiger partial charge in [-0.15, -0.1) is 0 Å². The molecule has 4 aromatic carbocycles. The Labute approximate surface area is 339 Å². The maximum absolute atomic E-state index is 13.5. The maximum Gasteiger partial charge on any atom is 0.417 e. The minimum Gasteiger partial charge on any atom is -0.403 e. The van der Waals surface area contributed by atoms with E-state index in [2.05, 4.69) is 30.6 Å². The third-order valence-corrected chi connectivity index (χ3v) is 9.00. The summed E-state index contributed by atoms with van der Waals surface area (Å²) in [7, 11) is 1.35. The Hall–Kier alpha value is -8.02. The van der Waals surface area contributed by atoms with E-state index in [0.717, 1.165) is 22.8 Å². The van der Waals surface area contributed by atoms with Crippen LogP contribution in [0.1, 0.15) is 31.8 Å². The number of halogens is 6. The van der Waals surface area contributed by atoms with Crippen LogP contribution in [-0.2, 0) is 19.4 Å². The number of nitrogens with zero attached hydrogens (tertiary/aromatic N) is 5. The first kappa shape index (κ1) is 41.2. The van der Waals surface area contributed by atoms with E-state index in [1.807, 2.05) is 0 Å². The molecule has 12 nitrogen and oxygen atoms in total. The molecule has 0 atom stereocenters. The van der Waals surface area contributed by atoms with E-state index in [4.69, 9.17) is 4.42 Å². The SMILES string of the molecule is Cn1c(-c2ccccc2C(F)(F)F)nc2c(C(=O)Nc3ccccn3)cccc2c1=O.O=C(Nc1ccccn1)c1cccc2c(=O)oc(-c3ccccc3C(F)(F)F)nc12. The number of carbonyl (C=O) groups is 2. The van der Waals surface area contributed by atoms with Gasteiger partial charge < -0.3 is 15.1 Å². The number of hydrogen-bond acceptors (Lipinski definition) is 9. The number of hydrogen-bond donors (Lipinski definition) is 2. The number of fused-ring (bicyclic) bond motifs is 2. The van der Waals surface area contributed by atoms with Crippen molar-refractivity contribution in [2.24, 2.45) is 7.05 Å². The van der Waals surface area contributed by atoms with Crippen molar-refractivity contribution >= 4 is 45.3 Å². The van der Waals surface area contributed by atoms with Crippen LogP contribution in [0.25, 0.3) is 44.6 Å². The molecule has 0 bridgehead atoms. The third-order valence-electron chi connectivity index (χ3n) is 9.00. The second kappa shape index (κ2) is 16.7. The largest absolute Gasteiger partial charge is 0.417 e. The minimum atomic E-state index is -4.68. The molecule has 4 aromatic heterocycles. The first-order valence-electron chi connectivity index (χ1n) is 17.8. The first-order valence-corrected chi connectivity index (χ1v) is 17.8. The van der Waals surface area contributed by atoms with Gasteiger partial charge >= 0.3 is 18.0 Å². The van der Waals surface area contributed by atoms with Gasteiger partial charge in [-0.05, 0) is 66.7 Å². The molecule has 0 unspecified atom stereocenters. The molecule has 8 rings (SSSR count). The lowest BCUT2D eigenvalue weighted by molar-refractivity contribution is -0.138. The molecule has 2 amide bonds. The smallest absolute Gasteiger partial charge is 0.403 e. The normalized spacial score (nSPS) is 11.5.